The summed E-state index contributed by atoms with van der Waals surface area (Å²) >= 11 is 5.73. The summed E-state index contributed by atoms with van der Waals surface area (Å²) in [5.74, 6) is -0.658. The van der Waals surface area contributed by atoms with Gasteiger partial charge in [0, 0.05) is 24.2 Å². The van der Waals surface area contributed by atoms with E-state index in [4.69, 9.17) is 21.1 Å². The minimum Gasteiger partial charge on any atom is -0.463 e. The first-order valence-electron chi connectivity index (χ1n) is 5.82. The molecule has 0 aliphatic carbocycles. The fraction of sp³-hybridized carbons (Fsp3) is 0.385. The summed E-state index contributed by atoms with van der Waals surface area (Å²) < 4.78 is 9.58. The Morgan fingerprint density at radius 2 is 1.84 bits per heavy atom. The van der Waals surface area contributed by atoms with E-state index >= 15 is 0 Å². The molecule has 104 valence electrons. The van der Waals surface area contributed by atoms with Crippen molar-refractivity contribution < 1.29 is 19.1 Å². The third-order valence-electron chi connectivity index (χ3n) is 2.23. The molecule has 0 aromatic heterocycles. The van der Waals surface area contributed by atoms with Crippen molar-refractivity contribution in [3.05, 3.63) is 29.3 Å². The molecule has 5 nitrogen and oxygen atoms in total. The lowest BCUT2D eigenvalue weighted by atomic mass is 10.2. The van der Waals surface area contributed by atoms with E-state index < -0.39 is 5.97 Å². The van der Waals surface area contributed by atoms with E-state index in [-0.39, 0.29) is 25.4 Å². The number of amides is 1. The van der Waals surface area contributed by atoms with Crippen LogP contribution in [0.3, 0.4) is 0 Å². The van der Waals surface area contributed by atoms with Crippen LogP contribution in [0.4, 0.5) is 5.69 Å². The molecule has 0 saturated carbocycles. The van der Waals surface area contributed by atoms with Gasteiger partial charge in [0.25, 0.3) is 0 Å². The summed E-state index contributed by atoms with van der Waals surface area (Å²) in [6.45, 7) is 0.552. The van der Waals surface area contributed by atoms with E-state index in [1.807, 2.05) is 0 Å². The highest BCUT2D eigenvalue weighted by molar-refractivity contribution is 6.30. The van der Waals surface area contributed by atoms with E-state index in [0.29, 0.717) is 17.3 Å². The minimum atomic E-state index is -0.414. The second-order valence-corrected chi connectivity index (χ2v) is 4.20. The highest BCUT2D eigenvalue weighted by atomic mass is 35.5. The van der Waals surface area contributed by atoms with Gasteiger partial charge in [-0.3, -0.25) is 9.59 Å². The number of hydrogen-bond acceptors (Lipinski definition) is 4. The van der Waals surface area contributed by atoms with Gasteiger partial charge in [0.1, 0.15) is 6.61 Å². The summed E-state index contributed by atoms with van der Waals surface area (Å²) in [7, 11) is 1.52. The number of anilines is 1. The Balaban J connectivity index is 2.24. The van der Waals surface area contributed by atoms with Crippen LogP contribution in [0.5, 0.6) is 0 Å². The van der Waals surface area contributed by atoms with Crippen molar-refractivity contribution in [2.45, 2.75) is 12.8 Å². The van der Waals surface area contributed by atoms with Gasteiger partial charge in [-0.25, -0.2) is 0 Å². The number of nitrogens with one attached hydrogen (secondary N) is 1. The van der Waals surface area contributed by atoms with E-state index in [9.17, 15) is 9.59 Å². The van der Waals surface area contributed by atoms with Gasteiger partial charge in [-0.1, -0.05) is 11.6 Å². The number of benzene rings is 1. The van der Waals surface area contributed by atoms with Crippen LogP contribution in [-0.4, -0.2) is 32.2 Å². The quantitative estimate of drug-likeness (QED) is 0.616. The largest absolute Gasteiger partial charge is 0.463 e. The molecular formula is C13H16ClNO4. The Labute approximate surface area is 116 Å². The summed E-state index contributed by atoms with van der Waals surface area (Å²) in [5, 5.41) is 3.26. The second kappa shape index (κ2) is 8.50. The fourth-order valence-electron chi connectivity index (χ4n) is 1.28. The van der Waals surface area contributed by atoms with Gasteiger partial charge < -0.3 is 14.8 Å². The summed E-state index contributed by atoms with van der Waals surface area (Å²) in [6, 6.07) is 6.74. The Morgan fingerprint density at radius 3 is 2.47 bits per heavy atom. The number of methoxy groups -OCH3 is 1. The smallest absolute Gasteiger partial charge is 0.306 e. The maximum Gasteiger partial charge on any atom is 0.306 e. The van der Waals surface area contributed by atoms with Crippen molar-refractivity contribution in [1.82, 2.24) is 0 Å². The Hall–Kier alpha value is -1.59. The molecule has 1 aromatic rings. The Bertz CT molecular complexity index is 419. The zero-order valence-corrected chi connectivity index (χ0v) is 11.4. The van der Waals surface area contributed by atoms with E-state index in [1.165, 1.54) is 7.11 Å². The minimum absolute atomic E-state index is 0.0448. The molecule has 1 N–H and O–H groups in total. The van der Waals surface area contributed by atoms with Crippen molar-refractivity contribution in [3.8, 4) is 0 Å². The van der Waals surface area contributed by atoms with Crippen molar-refractivity contribution >= 4 is 29.2 Å². The molecule has 1 rings (SSSR count). The predicted octanol–water partition coefficient (Wildman–Crippen LogP) is 2.25. The SMILES string of the molecule is COCCOC(=O)CCC(=O)Nc1ccc(Cl)cc1. The zero-order valence-electron chi connectivity index (χ0n) is 10.6. The predicted molar refractivity (Wildman–Crippen MR) is 72.2 cm³/mol. The molecule has 1 aromatic carbocycles. The van der Waals surface area contributed by atoms with Crippen molar-refractivity contribution in [3.63, 3.8) is 0 Å². The zero-order chi connectivity index (χ0) is 14.1. The number of ether oxygens (including phenoxy) is 2. The van der Waals surface area contributed by atoms with Gasteiger partial charge in [-0.15, -0.1) is 0 Å². The van der Waals surface area contributed by atoms with Crippen molar-refractivity contribution in [2.24, 2.45) is 0 Å². The highest BCUT2D eigenvalue weighted by Gasteiger charge is 2.08. The topological polar surface area (TPSA) is 64.6 Å². The number of carbonyl (C=O) groups is 2. The van der Waals surface area contributed by atoms with E-state index in [2.05, 4.69) is 5.32 Å². The summed E-state index contributed by atoms with van der Waals surface area (Å²) in [5.41, 5.74) is 0.641. The first kappa shape index (κ1) is 15.5. The lowest BCUT2D eigenvalue weighted by Crippen LogP contribution is -2.15. The second-order valence-electron chi connectivity index (χ2n) is 3.77. The molecule has 0 heterocycles. The van der Waals surface area contributed by atoms with Gasteiger partial charge >= 0.3 is 5.97 Å². The van der Waals surface area contributed by atoms with Crippen LogP contribution in [0.1, 0.15) is 12.8 Å². The van der Waals surface area contributed by atoms with Crippen LogP contribution >= 0.6 is 11.6 Å². The number of esters is 1. The van der Waals surface area contributed by atoms with Crippen LogP contribution in [0.2, 0.25) is 5.02 Å². The van der Waals surface area contributed by atoms with Crippen LogP contribution in [0.25, 0.3) is 0 Å². The van der Waals surface area contributed by atoms with Gasteiger partial charge in [0.05, 0.1) is 13.0 Å². The Morgan fingerprint density at radius 1 is 1.16 bits per heavy atom. The lowest BCUT2D eigenvalue weighted by molar-refractivity contribution is -0.145. The summed E-state index contributed by atoms with van der Waals surface area (Å²) in [4.78, 5) is 22.8. The van der Waals surface area contributed by atoms with Gasteiger partial charge in [0.15, 0.2) is 0 Å². The van der Waals surface area contributed by atoms with Crippen LogP contribution in [0.15, 0.2) is 24.3 Å². The molecule has 0 bridgehead atoms. The third-order valence-corrected chi connectivity index (χ3v) is 2.49. The van der Waals surface area contributed by atoms with E-state index in [0.717, 1.165) is 0 Å². The standard InChI is InChI=1S/C13H16ClNO4/c1-18-8-9-19-13(17)7-6-12(16)15-11-4-2-10(14)3-5-11/h2-5H,6-9H2,1H3,(H,15,16). The Kier molecular flexibility index (Phi) is 6.92. The molecule has 0 saturated heterocycles. The molecule has 0 aliphatic heterocycles. The van der Waals surface area contributed by atoms with E-state index in [1.54, 1.807) is 24.3 Å². The molecule has 0 radical (unpaired) electrons. The molecule has 0 fully saturated rings. The number of carbonyl (C=O) groups excluding carboxylic acids is 2. The number of rotatable bonds is 7. The molecule has 1 amide bonds. The summed E-state index contributed by atoms with van der Waals surface area (Å²) in [6.07, 6.45) is 0.123. The highest BCUT2D eigenvalue weighted by Crippen LogP contribution is 2.13. The molecule has 0 unspecified atom stereocenters. The van der Waals surface area contributed by atoms with Crippen LogP contribution in [-0.2, 0) is 19.1 Å². The van der Waals surface area contributed by atoms with Gasteiger partial charge in [-0.2, -0.15) is 0 Å². The number of halogens is 1. The molecule has 0 spiro atoms. The van der Waals surface area contributed by atoms with Crippen molar-refractivity contribution in [2.75, 3.05) is 25.6 Å². The molecule has 0 aliphatic rings. The van der Waals surface area contributed by atoms with Crippen LogP contribution < -0.4 is 5.32 Å². The monoisotopic (exact) mass is 285 g/mol. The van der Waals surface area contributed by atoms with Gasteiger partial charge in [0.2, 0.25) is 5.91 Å². The first-order chi connectivity index (χ1) is 9.11. The van der Waals surface area contributed by atoms with Crippen LogP contribution in [0, 0.1) is 0 Å². The maximum absolute atomic E-state index is 11.6. The third kappa shape index (κ3) is 6.79. The molecule has 6 heteroatoms. The first-order valence-corrected chi connectivity index (χ1v) is 6.19. The molecular weight excluding hydrogens is 270 g/mol. The molecule has 19 heavy (non-hydrogen) atoms. The normalized spacial score (nSPS) is 10.0. The lowest BCUT2D eigenvalue weighted by Gasteiger charge is -2.06. The maximum atomic E-state index is 11.6. The van der Waals surface area contributed by atoms with Gasteiger partial charge in [-0.05, 0) is 24.3 Å². The molecule has 0 atom stereocenters. The fourth-order valence-corrected chi connectivity index (χ4v) is 1.41. The van der Waals surface area contributed by atoms with Crippen molar-refractivity contribution in [1.29, 1.82) is 0 Å². The number of hydrogen-bond donors (Lipinski definition) is 1. The average molecular weight is 286 g/mol. The average Bonchev–Trinajstić information content (AvgIpc) is 2.39.